The molecule has 230 valence electrons. The summed E-state index contributed by atoms with van der Waals surface area (Å²) in [5, 5.41) is 24.6. The lowest BCUT2D eigenvalue weighted by Crippen LogP contribution is -2.53. The van der Waals surface area contributed by atoms with E-state index < -0.39 is 0 Å². The van der Waals surface area contributed by atoms with Crippen LogP contribution in [0, 0.1) is 0 Å². The fourth-order valence-electron chi connectivity index (χ4n) is 5.60. The summed E-state index contributed by atoms with van der Waals surface area (Å²) in [4.78, 5) is 35.0. The van der Waals surface area contributed by atoms with Crippen LogP contribution in [0.1, 0.15) is 17.4 Å². The second kappa shape index (κ2) is 13.2. The molecule has 3 N–H and O–H groups in total. The summed E-state index contributed by atoms with van der Waals surface area (Å²) in [6.07, 6.45) is 4.23. The Bertz CT molecular complexity index is 1670. The van der Waals surface area contributed by atoms with Crippen molar-refractivity contribution in [1.29, 1.82) is 0 Å². The van der Waals surface area contributed by atoms with Gasteiger partial charge in [0.1, 0.15) is 5.58 Å². The molecule has 1 amide bonds. The molecule has 2 aliphatic heterocycles. The van der Waals surface area contributed by atoms with E-state index in [4.69, 9.17) is 13.9 Å². The van der Waals surface area contributed by atoms with Crippen molar-refractivity contribution in [1.82, 2.24) is 20.1 Å². The second-order valence-corrected chi connectivity index (χ2v) is 11.9. The Kier molecular flexibility index (Phi) is 8.91. The molecule has 11 nitrogen and oxygen atoms in total. The Hall–Kier alpha value is -4.26. The van der Waals surface area contributed by atoms with E-state index in [1.54, 1.807) is 42.2 Å². The molecule has 2 aromatic carbocycles. The SMILES string of the molecule is COc1c(O)cc(-c2oc3ccccc3c(=O)c2OCCCN2CCN(C(=O)[C@@H]3CSC(c4cccnc4)N3)CC2)cc1O. The number of aromatic nitrogens is 1. The summed E-state index contributed by atoms with van der Waals surface area (Å²) >= 11 is 1.73. The number of hydrogen-bond acceptors (Lipinski definition) is 11. The van der Waals surface area contributed by atoms with Gasteiger partial charge in [-0.3, -0.25) is 24.8 Å². The number of phenols is 2. The van der Waals surface area contributed by atoms with Crippen molar-refractivity contribution in [3.63, 3.8) is 0 Å². The molecular formula is C32H34N4O7S. The second-order valence-electron chi connectivity index (χ2n) is 10.7. The molecule has 4 heterocycles. The van der Waals surface area contributed by atoms with Crippen molar-refractivity contribution in [2.45, 2.75) is 17.8 Å². The normalized spacial score (nSPS) is 18.9. The van der Waals surface area contributed by atoms with Crippen LogP contribution in [0.3, 0.4) is 0 Å². The molecule has 0 radical (unpaired) electrons. The van der Waals surface area contributed by atoms with E-state index in [1.807, 2.05) is 23.2 Å². The van der Waals surface area contributed by atoms with E-state index in [2.05, 4.69) is 15.2 Å². The number of carbonyl (C=O) groups is 1. The molecule has 0 saturated carbocycles. The molecule has 2 fully saturated rings. The highest BCUT2D eigenvalue weighted by Gasteiger charge is 2.34. The fourth-order valence-corrected chi connectivity index (χ4v) is 6.81. The molecular weight excluding hydrogens is 584 g/mol. The van der Waals surface area contributed by atoms with E-state index in [0.717, 1.165) is 31.0 Å². The highest BCUT2D eigenvalue weighted by atomic mass is 32.2. The smallest absolute Gasteiger partial charge is 0.240 e. The number of nitrogens with one attached hydrogen (secondary N) is 1. The van der Waals surface area contributed by atoms with Crippen LogP contribution in [0.4, 0.5) is 0 Å². The summed E-state index contributed by atoms with van der Waals surface area (Å²) in [6.45, 7) is 3.81. The van der Waals surface area contributed by atoms with Crippen molar-refractivity contribution < 1.29 is 28.9 Å². The Morgan fingerprint density at radius 2 is 1.86 bits per heavy atom. The van der Waals surface area contributed by atoms with Crippen LogP contribution >= 0.6 is 11.8 Å². The summed E-state index contributed by atoms with van der Waals surface area (Å²) in [7, 11) is 1.34. The largest absolute Gasteiger partial charge is 0.504 e. The minimum atomic E-state index is -0.340. The first kappa shape index (κ1) is 29.8. The van der Waals surface area contributed by atoms with Gasteiger partial charge in [0.05, 0.1) is 30.5 Å². The number of phenolic OH excluding ortho intramolecular Hbond substituents is 2. The number of pyridine rings is 1. The number of amides is 1. The number of benzene rings is 2. The van der Waals surface area contributed by atoms with Crippen molar-refractivity contribution in [2.24, 2.45) is 0 Å². The molecule has 44 heavy (non-hydrogen) atoms. The van der Waals surface area contributed by atoms with Gasteiger partial charge in [0.15, 0.2) is 17.3 Å². The highest BCUT2D eigenvalue weighted by Crippen LogP contribution is 2.42. The number of hydrogen-bond donors (Lipinski definition) is 3. The molecule has 1 unspecified atom stereocenters. The molecule has 2 saturated heterocycles. The molecule has 0 spiro atoms. The van der Waals surface area contributed by atoms with Gasteiger partial charge in [-0.15, -0.1) is 11.8 Å². The quantitative estimate of drug-likeness (QED) is 0.237. The predicted octanol–water partition coefficient (Wildman–Crippen LogP) is 3.59. The summed E-state index contributed by atoms with van der Waals surface area (Å²) in [5.74, 6) is 0.325. The van der Waals surface area contributed by atoms with Gasteiger partial charge in [-0.1, -0.05) is 18.2 Å². The molecule has 2 aromatic heterocycles. The Labute approximate surface area is 258 Å². The van der Waals surface area contributed by atoms with Gasteiger partial charge >= 0.3 is 0 Å². The maximum atomic E-state index is 13.4. The van der Waals surface area contributed by atoms with E-state index in [0.29, 0.717) is 30.5 Å². The van der Waals surface area contributed by atoms with Crippen LogP contribution in [0.15, 0.2) is 70.1 Å². The number of methoxy groups -OCH3 is 1. The minimum absolute atomic E-state index is 0.00889. The van der Waals surface area contributed by atoms with Gasteiger partial charge in [0, 0.05) is 56.4 Å². The molecule has 6 rings (SSSR count). The third-order valence-corrected chi connectivity index (χ3v) is 9.16. The van der Waals surface area contributed by atoms with E-state index in [-0.39, 0.29) is 63.7 Å². The lowest BCUT2D eigenvalue weighted by molar-refractivity contribution is -0.134. The number of nitrogens with zero attached hydrogens (tertiary/aromatic N) is 3. The number of rotatable bonds is 9. The standard InChI is InChI=1S/C32H34N4O7S/c1-41-29-24(37)16-21(17-25(29)38)28-30(27(39)22-7-2-3-8-26(22)43-28)42-15-5-10-35-11-13-36(14-12-35)32(40)23-19-44-31(34-23)20-6-4-9-33-18-20/h2-4,6-9,16-18,23,31,34,37-38H,5,10-15,19H2,1H3/t23-,31?/m0/s1. The van der Waals surface area contributed by atoms with Gasteiger partial charge in [-0.25, -0.2) is 0 Å². The maximum Gasteiger partial charge on any atom is 0.240 e. The number of fused-ring (bicyclic) bond motifs is 1. The van der Waals surface area contributed by atoms with Gasteiger partial charge in [0.25, 0.3) is 0 Å². The van der Waals surface area contributed by atoms with Crippen molar-refractivity contribution in [3.8, 4) is 34.3 Å². The van der Waals surface area contributed by atoms with Gasteiger partial charge in [-0.2, -0.15) is 0 Å². The summed E-state index contributed by atoms with van der Waals surface area (Å²) in [5.41, 5.74) is 1.38. The Balaban J connectivity index is 1.05. The van der Waals surface area contributed by atoms with Crippen LogP contribution in [-0.2, 0) is 4.79 Å². The maximum absolute atomic E-state index is 13.4. The fraction of sp³-hybridized carbons (Fsp3) is 0.344. The van der Waals surface area contributed by atoms with Crippen LogP contribution in [0.25, 0.3) is 22.3 Å². The minimum Gasteiger partial charge on any atom is -0.504 e. The van der Waals surface area contributed by atoms with E-state index >= 15 is 0 Å². The van der Waals surface area contributed by atoms with Crippen molar-refractivity contribution >= 4 is 28.6 Å². The summed E-state index contributed by atoms with van der Waals surface area (Å²) in [6, 6.07) is 13.3. The lowest BCUT2D eigenvalue weighted by Gasteiger charge is -2.36. The van der Waals surface area contributed by atoms with Crippen LogP contribution < -0.4 is 20.2 Å². The third kappa shape index (κ3) is 6.19. The number of piperazine rings is 1. The highest BCUT2D eigenvalue weighted by molar-refractivity contribution is 7.99. The van der Waals surface area contributed by atoms with E-state index in [1.165, 1.54) is 19.2 Å². The van der Waals surface area contributed by atoms with E-state index in [9.17, 15) is 19.8 Å². The number of carbonyl (C=O) groups excluding carboxylic acids is 1. The van der Waals surface area contributed by atoms with Gasteiger partial charge in [-0.05, 0) is 42.3 Å². The number of para-hydroxylation sites is 1. The first-order chi connectivity index (χ1) is 21.4. The van der Waals surface area contributed by atoms with Crippen LogP contribution in [0.2, 0.25) is 0 Å². The zero-order valence-corrected chi connectivity index (χ0v) is 25.1. The predicted molar refractivity (Wildman–Crippen MR) is 167 cm³/mol. The first-order valence-electron chi connectivity index (χ1n) is 14.5. The molecule has 4 aromatic rings. The number of aromatic hydroxyl groups is 2. The van der Waals surface area contributed by atoms with Crippen LogP contribution in [0.5, 0.6) is 23.0 Å². The van der Waals surface area contributed by atoms with Crippen LogP contribution in [-0.4, -0.2) is 89.1 Å². The Morgan fingerprint density at radius 1 is 1.09 bits per heavy atom. The number of ether oxygens (including phenoxy) is 2. The first-order valence-corrected chi connectivity index (χ1v) is 15.6. The molecule has 0 aliphatic carbocycles. The number of thioether (sulfide) groups is 1. The van der Waals surface area contributed by atoms with Gasteiger partial charge < -0.3 is 29.0 Å². The summed E-state index contributed by atoms with van der Waals surface area (Å²) < 4.78 is 17.1. The zero-order chi connectivity index (χ0) is 30.6. The Morgan fingerprint density at radius 3 is 2.59 bits per heavy atom. The lowest BCUT2D eigenvalue weighted by atomic mass is 10.1. The molecule has 0 bridgehead atoms. The van der Waals surface area contributed by atoms with Crippen molar-refractivity contribution in [3.05, 3.63) is 76.7 Å². The monoisotopic (exact) mass is 618 g/mol. The average Bonchev–Trinajstić information content (AvgIpc) is 3.55. The molecule has 2 aliphatic rings. The third-order valence-electron chi connectivity index (χ3n) is 7.89. The topological polar surface area (TPSA) is 138 Å². The molecule has 2 atom stereocenters. The van der Waals surface area contributed by atoms with Crippen molar-refractivity contribution in [2.75, 3.05) is 52.2 Å². The molecule has 12 heteroatoms. The van der Waals surface area contributed by atoms with Gasteiger partial charge in [0.2, 0.25) is 22.8 Å². The zero-order valence-electron chi connectivity index (χ0n) is 24.3. The average molecular weight is 619 g/mol.